The molecule has 1 N–H and O–H groups in total. The van der Waals surface area contributed by atoms with Gasteiger partial charge in [0.2, 0.25) is 5.91 Å². The first-order valence-corrected chi connectivity index (χ1v) is 8.86. The molecule has 1 atom stereocenters. The quantitative estimate of drug-likeness (QED) is 0.908. The fourth-order valence-corrected chi connectivity index (χ4v) is 4.02. The van der Waals surface area contributed by atoms with Crippen molar-refractivity contribution in [1.82, 2.24) is 9.80 Å². The van der Waals surface area contributed by atoms with E-state index in [1.54, 1.807) is 16.2 Å². The van der Waals surface area contributed by atoms with Gasteiger partial charge in [-0.3, -0.25) is 9.69 Å². The highest BCUT2D eigenvalue weighted by Crippen LogP contribution is 2.30. The minimum Gasteiger partial charge on any atom is -0.387 e. The molecule has 0 bridgehead atoms. The Morgan fingerprint density at radius 1 is 1.26 bits per heavy atom. The number of alkyl halides is 2. The third kappa shape index (κ3) is 4.28. The van der Waals surface area contributed by atoms with Crippen LogP contribution in [0.3, 0.4) is 0 Å². The third-order valence-electron chi connectivity index (χ3n) is 4.70. The molecule has 2 saturated heterocycles. The Morgan fingerprint density at radius 3 is 2.65 bits per heavy atom. The predicted octanol–water partition coefficient (Wildman–Crippen LogP) is 1.99. The molecule has 2 fully saturated rings. The summed E-state index contributed by atoms with van der Waals surface area (Å²) in [5.74, 6) is -2.55. The van der Waals surface area contributed by atoms with Crippen LogP contribution in [-0.4, -0.2) is 65.1 Å². The molecular weight excluding hydrogens is 322 g/mol. The second kappa shape index (κ2) is 6.45. The second-order valence-electron chi connectivity index (χ2n) is 6.68. The van der Waals surface area contributed by atoms with Crippen molar-refractivity contribution in [3.05, 3.63) is 22.4 Å². The standard InChI is InChI=1S/C16H22F2N2O2S/c17-16(18)4-6-19(7-5-16)11-15(22)3-8-20(12-15)14(21)10-13-2-1-9-23-13/h1-2,9,22H,3-8,10-12H2/t15-/m1/s1. The molecule has 0 radical (unpaired) electrons. The van der Waals surface area contributed by atoms with Gasteiger partial charge in [0.25, 0.3) is 5.92 Å². The highest BCUT2D eigenvalue weighted by atomic mass is 32.1. The monoisotopic (exact) mass is 344 g/mol. The summed E-state index contributed by atoms with van der Waals surface area (Å²) >= 11 is 1.55. The van der Waals surface area contributed by atoms with Crippen LogP contribution in [0.2, 0.25) is 0 Å². The molecular formula is C16H22F2N2O2S. The van der Waals surface area contributed by atoms with Gasteiger partial charge in [0.15, 0.2) is 0 Å². The number of likely N-dealkylation sites (tertiary alicyclic amines) is 2. The lowest BCUT2D eigenvalue weighted by Crippen LogP contribution is -2.49. The van der Waals surface area contributed by atoms with Crippen LogP contribution in [0.5, 0.6) is 0 Å². The highest BCUT2D eigenvalue weighted by molar-refractivity contribution is 7.10. The minimum atomic E-state index is -2.57. The Kier molecular flexibility index (Phi) is 4.71. The maximum absolute atomic E-state index is 13.2. The summed E-state index contributed by atoms with van der Waals surface area (Å²) in [6.45, 7) is 1.80. The smallest absolute Gasteiger partial charge is 0.250 e. The van der Waals surface area contributed by atoms with Crippen LogP contribution in [0.25, 0.3) is 0 Å². The fraction of sp³-hybridized carbons (Fsp3) is 0.688. The average molecular weight is 344 g/mol. The van der Waals surface area contributed by atoms with Gasteiger partial charge in [0.1, 0.15) is 0 Å². The molecule has 3 heterocycles. The van der Waals surface area contributed by atoms with Crippen LogP contribution in [-0.2, 0) is 11.2 Å². The van der Waals surface area contributed by atoms with Crippen LogP contribution in [0.4, 0.5) is 8.78 Å². The number of carbonyl (C=O) groups is 1. The number of nitrogens with zero attached hydrogens (tertiary/aromatic N) is 2. The minimum absolute atomic E-state index is 0.0218. The topological polar surface area (TPSA) is 43.8 Å². The summed E-state index contributed by atoms with van der Waals surface area (Å²) in [5, 5.41) is 12.6. The molecule has 2 aliphatic rings. The fourth-order valence-electron chi connectivity index (χ4n) is 3.33. The Balaban J connectivity index is 1.50. The molecule has 0 aliphatic carbocycles. The normalized spacial score (nSPS) is 28.2. The number of halogens is 2. The number of rotatable bonds is 4. The number of thiophene rings is 1. The number of aliphatic hydroxyl groups is 1. The first-order valence-electron chi connectivity index (χ1n) is 7.98. The number of piperidine rings is 1. The van der Waals surface area contributed by atoms with E-state index >= 15 is 0 Å². The molecule has 23 heavy (non-hydrogen) atoms. The molecule has 0 saturated carbocycles. The Bertz CT molecular complexity index is 542. The van der Waals surface area contributed by atoms with E-state index in [2.05, 4.69) is 0 Å². The van der Waals surface area contributed by atoms with Crippen molar-refractivity contribution in [3.8, 4) is 0 Å². The van der Waals surface area contributed by atoms with Crippen molar-refractivity contribution in [1.29, 1.82) is 0 Å². The molecule has 128 valence electrons. The van der Waals surface area contributed by atoms with Crippen molar-refractivity contribution in [2.75, 3.05) is 32.7 Å². The average Bonchev–Trinajstić information content (AvgIpc) is 3.11. The summed E-state index contributed by atoms with van der Waals surface area (Å²) in [6, 6.07) is 3.85. The summed E-state index contributed by atoms with van der Waals surface area (Å²) < 4.78 is 26.4. The van der Waals surface area contributed by atoms with Crippen molar-refractivity contribution in [2.24, 2.45) is 0 Å². The molecule has 2 aliphatic heterocycles. The largest absolute Gasteiger partial charge is 0.387 e. The van der Waals surface area contributed by atoms with E-state index in [9.17, 15) is 18.7 Å². The molecule has 1 amide bonds. The van der Waals surface area contributed by atoms with Crippen LogP contribution < -0.4 is 0 Å². The van der Waals surface area contributed by atoms with Gasteiger partial charge in [0, 0.05) is 43.9 Å². The molecule has 4 nitrogen and oxygen atoms in total. The Labute approximate surface area is 138 Å². The van der Waals surface area contributed by atoms with Crippen LogP contribution >= 0.6 is 11.3 Å². The number of amides is 1. The van der Waals surface area contributed by atoms with Crippen molar-refractivity contribution in [3.63, 3.8) is 0 Å². The van der Waals surface area contributed by atoms with Crippen molar-refractivity contribution in [2.45, 2.75) is 37.2 Å². The van der Waals surface area contributed by atoms with E-state index in [1.807, 2.05) is 22.4 Å². The van der Waals surface area contributed by atoms with Crippen LogP contribution in [0.1, 0.15) is 24.1 Å². The second-order valence-corrected chi connectivity index (χ2v) is 7.71. The number of hydrogen-bond acceptors (Lipinski definition) is 4. The first-order chi connectivity index (χ1) is 10.9. The molecule has 0 aromatic carbocycles. The van der Waals surface area contributed by atoms with E-state index in [4.69, 9.17) is 0 Å². The van der Waals surface area contributed by atoms with Crippen LogP contribution in [0.15, 0.2) is 17.5 Å². The molecule has 1 aromatic rings. The third-order valence-corrected chi connectivity index (χ3v) is 5.57. The summed E-state index contributed by atoms with van der Waals surface area (Å²) in [6.07, 6.45) is 0.577. The predicted molar refractivity (Wildman–Crippen MR) is 84.8 cm³/mol. The molecule has 7 heteroatoms. The van der Waals surface area contributed by atoms with E-state index in [-0.39, 0.29) is 18.7 Å². The van der Waals surface area contributed by atoms with Crippen molar-refractivity contribution >= 4 is 17.2 Å². The lowest BCUT2D eigenvalue weighted by Gasteiger charge is -2.36. The highest BCUT2D eigenvalue weighted by Gasteiger charge is 2.42. The van der Waals surface area contributed by atoms with Gasteiger partial charge < -0.3 is 10.0 Å². The van der Waals surface area contributed by atoms with Crippen LogP contribution in [0, 0.1) is 0 Å². The molecule has 3 rings (SSSR count). The van der Waals surface area contributed by atoms with Gasteiger partial charge in [-0.15, -0.1) is 11.3 Å². The molecule has 1 aromatic heterocycles. The first kappa shape index (κ1) is 16.8. The SMILES string of the molecule is O=C(Cc1cccs1)N1CC[C@@](O)(CN2CCC(F)(F)CC2)C1. The van der Waals surface area contributed by atoms with E-state index in [0.717, 1.165) is 4.88 Å². The maximum atomic E-state index is 13.2. The summed E-state index contributed by atoms with van der Waals surface area (Å²) in [7, 11) is 0. The molecule has 0 spiro atoms. The lowest BCUT2D eigenvalue weighted by atomic mass is 10.00. The van der Waals surface area contributed by atoms with E-state index in [1.165, 1.54) is 0 Å². The van der Waals surface area contributed by atoms with Crippen molar-refractivity contribution < 1.29 is 18.7 Å². The van der Waals surface area contributed by atoms with Gasteiger partial charge >= 0.3 is 0 Å². The number of β-amino-alcohol motifs (C(OH)–C–C–N with tert-alkyl or cyclic N) is 1. The maximum Gasteiger partial charge on any atom is 0.250 e. The van der Waals surface area contributed by atoms with E-state index in [0.29, 0.717) is 45.6 Å². The number of carbonyl (C=O) groups excluding carboxylic acids is 1. The van der Waals surface area contributed by atoms with Gasteiger partial charge in [-0.05, 0) is 17.9 Å². The Hall–Kier alpha value is -1.05. The van der Waals surface area contributed by atoms with E-state index < -0.39 is 11.5 Å². The number of hydrogen-bond donors (Lipinski definition) is 1. The van der Waals surface area contributed by atoms with Gasteiger partial charge in [-0.2, -0.15) is 0 Å². The molecule has 0 unspecified atom stereocenters. The zero-order chi connectivity index (χ0) is 16.5. The van der Waals surface area contributed by atoms with Gasteiger partial charge in [-0.25, -0.2) is 8.78 Å². The lowest BCUT2D eigenvalue weighted by molar-refractivity contribution is -0.130. The summed E-state index contributed by atoms with van der Waals surface area (Å²) in [4.78, 5) is 16.9. The Morgan fingerprint density at radius 2 is 2.00 bits per heavy atom. The van der Waals surface area contributed by atoms with Gasteiger partial charge in [0.05, 0.1) is 18.6 Å². The van der Waals surface area contributed by atoms with Gasteiger partial charge in [-0.1, -0.05) is 6.07 Å². The zero-order valence-electron chi connectivity index (χ0n) is 13.0. The zero-order valence-corrected chi connectivity index (χ0v) is 13.8. The summed E-state index contributed by atoms with van der Waals surface area (Å²) in [5.41, 5.74) is -0.974.